The van der Waals surface area contributed by atoms with Crippen molar-refractivity contribution < 1.29 is 9.59 Å². The third-order valence-corrected chi connectivity index (χ3v) is 4.09. The highest BCUT2D eigenvalue weighted by molar-refractivity contribution is 5.88. The van der Waals surface area contributed by atoms with Gasteiger partial charge in [-0.2, -0.15) is 0 Å². The Morgan fingerprint density at radius 3 is 2.62 bits per heavy atom. The summed E-state index contributed by atoms with van der Waals surface area (Å²) in [6.45, 7) is 8.74. The Kier molecular flexibility index (Phi) is 7.15. The third kappa shape index (κ3) is 5.30. The maximum Gasteiger partial charge on any atom is 0.239 e. The first-order valence-corrected chi connectivity index (χ1v) is 8.14. The number of piperidine rings is 1. The lowest BCUT2D eigenvalue weighted by Crippen LogP contribution is -2.52. The number of hydrogen-bond donors (Lipinski definition) is 2. The molecule has 5 heteroatoms. The van der Waals surface area contributed by atoms with Gasteiger partial charge in [0.15, 0.2) is 0 Å². The number of carbonyl (C=O) groups excluding carboxylic acids is 2. The zero-order chi connectivity index (χ0) is 15.9. The van der Waals surface area contributed by atoms with Gasteiger partial charge < -0.3 is 15.5 Å². The van der Waals surface area contributed by atoms with Gasteiger partial charge in [-0.1, -0.05) is 27.2 Å². The molecule has 0 radical (unpaired) electrons. The Labute approximate surface area is 128 Å². The van der Waals surface area contributed by atoms with Crippen LogP contribution in [0.25, 0.3) is 0 Å². The van der Waals surface area contributed by atoms with E-state index in [0.717, 1.165) is 38.8 Å². The molecule has 2 N–H and O–H groups in total. The Bertz CT molecular complexity index is 344. The first kappa shape index (κ1) is 18.0. The Morgan fingerprint density at radius 2 is 2.10 bits per heavy atom. The zero-order valence-corrected chi connectivity index (χ0v) is 14.0. The average Bonchev–Trinajstić information content (AvgIpc) is 2.45. The number of carbonyl (C=O) groups is 2. The molecule has 0 aromatic rings. The highest BCUT2D eigenvalue weighted by atomic mass is 16.2. The van der Waals surface area contributed by atoms with Crippen LogP contribution in [-0.4, -0.2) is 49.9 Å². The molecular weight excluding hydrogens is 266 g/mol. The summed E-state index contributed by atoms with van der Waals surface area (Å²) in [7, 11) is 1.74. The first-order valence-electron chi connectivity index (χ1n) is 8.14. The summed E-state index contributed by atoms with van der Waals surface area (Å²) in [5.41, 5.74) is -0.319. The van der Waals surface area contributed by atoms with Crippen molar-refractivity contribution in [1.82, 2.24) is 15.5 Å². The van der Waals surface area contributed by atoms with E-state index < -0.39 is 0 Å². The van der Waals surface area contributed by atoms with Crippen LogP contribution in [0.3, 0.4) is 0 Å². The second-order valence-electron chi connectivity index (χ2n) is 6.67. The monoisotopic (exact) mass is 297 g/mol. The van der Waals surface area contributed by atoms with Gasteiger partial charge in [-0.15, -0.1) is 0 Å². The average molecular weight is 297 g/mol. The fourth-order valence-electron chi connectivity index (χ4n) is 3.02. The standard InChI is InChI=1S/C16H31N3O2/c1-5-7-16(8-6-9-17-12-16)15(21)19(4)11-14(20)18-10-13(2)3/h13,17H,5-12H2,1-4H3,(H,18,20). The predicted octanol–water partition coefficient (Wildman–Crippen LogP) is 1.39. The number of amides is 2. The molecule has 0 bridgehead atoms. The number of nitrogens with one attached hydrogen (secondary N) is 2. The van der Waals surface area contributed by atoms with Gasteiger partial charge in [0, 0.05) is 20.1 Å². The van der Waals surface area contributed by atoms with Crippen LogP contribution in [0.1, 0.15) is 46.5 Å². The van der Waals surface area contributed by atoms with E-state index in [9.17, 15) is 9.59 Å². The molecule has 2 amide bonds. The number of rotatable bonds is 7. The minimum Gasteiger partial charge on any atom is -0.354 e. The number of nitrogens with zero attached hydrogens (tertiary/aromatic N) is 1. The lowest BCUT2D eigenvalue weighted by molar-refractivity contribution is -0.145. The maximum absolute atomic E-state index is 12.8. The first-order chi connectivity index (χ1) is 9.91. The molecular formula is C16H31N3O2. The number of hydrogen-bond acceptors (Lipinski definition) is 3. The van der Waals surface area contributed by atoms with Crippen LogP contribution in [0.5, 0.6) is 0 Å². The fourth-order valence-corrected chi connectivity index (χ4v) is 3.02. The van der Waals surface area contributed by atoms with Gasteiger partial charge in [-0.25, -0.2) is 0 Å². The summed E-state index contributed by atoms with van der Waals surface area (Å²) >= 11 is 0. The molecule has 1 fully saturated rings. The molecule has 0 saturated carbocycles. The van der Waals surface area contributed by atoms with Crippen molar-refractivity contribution in [1.29, 1.82) is 0 Å². The molecule has 0 aliphatic carbocycles. The summed E-state index contributed by atoms with van der Waals surface area (Å²) < 4.78 is 0. The van der Waals surface area contributed by atoms with Gasteiger partial charge in [0.25, 0.3) is 0 Å². The van der Waals surface area contributed by atoms with Crippen LogP contribution in [0.15, 0.2) is 0 Å². The molecule has 1 aliphatic heterocycles. The maximum atomic E-state index is 12.8. The Morgan fingerprint density at radius 1 is 1.38 bits per heavy atom. The summed E-state index contributed by atoms with van der Waals surface area (Å²) in [5.74, 6) is 0.454. The molecule has 1 rings (SSSR count). The van der Waals surface area contributed by atoms with Crippen molar-refractivity contribution >= 4 is 11.8 Å². The normalized spacial score (nSPS) is 22.1. The lowest BCUT2D eigenvalue weighted by atomic mass is 9.76. The van der Waals surface area contributed by atoms with Crippen LogP contribution in [-0.2, 0) is 9.59 Å². The van der Waals surface area contributed by atoms with E-state index >= 15 is 0 Å². The smallest absolute Gasteiger partial charge is 0.239 e. The van der Waals surface area contributed by atoms with E-state index in [-0.39, 0.29) is 23.8 Å². The van der Waals surface area contributed by atoms with Crippen LogP contribution in [0.2, 0.25) is 0 Å². The minimum absolute atomic E-state index is 0.0741. The van der Waals surface area contributed by atoms with Gasteiger partial charge in [-0.3, -0.25) is 9.59 Å². The second-order valence-corrected chi connectivity index (χ2v) is 6.67. The van der Waals surface area contributed by atoms with E-state index in [0.29, 0.717) is 12.5 Å². The molecule has 0 aromatic heterocycles. The molecule has 1 saturated heterocycles. The van der Waals surface area contributed by atoms with Gasteiger partial charge in [-0.05, 0) is 31.7 Å². The van der Waals surface area contributed by atoms with E-state index in [1.165, 1.54) is 0 Å². The van der Waals surface area contributed by atoms with Crippen molar-refractivity contribution in [3.63, 3.8) is 0 Å². The summed E-state index contributed by atoms with van der Waals surface area (Å²) in [5, 5.41) is 6.21. The quantitative estimate of drug-likeness (QED) is 0.746. The van der Waals surface area contributed by atoms with E-state index in [1.54, 1.807) is 11.9 Å². The van der Waals surface area contributed by atoms with Crippen molar-refractivity contribution in [2.45, 2.75) is 46.5 Å². The van der Waals surface area contributed by atoms with Crippen molar-refractivity contribution in [2.75, 3.05) is 33.2 Å². The van der Waals surface area contributed by atoms with Crippen LogP contribution in [0, 0.1) is 11.3 Å². The minimum atomic E-state index is -0.319. The molecule has 5 nitrogen and oxygen atoms in total. The highest BCUT2D eigenvalue weighted by Gasteiger charge is 2.40. The van der Waals surface area contributed by atoms with Gasteiger partial charge in [0.05, 0.1) is 12.0 Å². The van der Waals surface area contributed by atoms with Crippen molar-refractivity contribution in [3.05, 3.63) is 0 Å². The van der Waals surface area contributed by atoms with Crippen LogP contribution in [0.4, 0.5) is 0 Å². The van der Waals surface area contributed by atoms with Crippen LogP contribution < -0.4 is 10.6 Å². The predicted molar refractivity (Wildman–Crippen MR) is 84.9 cm³/mol. The van der Waals surface area contributed by atoms with E-state index in [4.69, 9.17) is 0 Å². The Balaban J connectivity index is 2.59. The third-order valence-electron chi connectivity index (χ3n) is 4.09. The Hall–Kier alpha value is -1.10. The highest BCUT2D eigenvalue weighted by Crippen LogP contribution is 2.33. The molecule has 21 heavy (non-hydrogen) atoms. The summed E-state index contributed by atoms with van der Waals surface area (Å²) in [4.78, 5) is 26.3. The second kappa shape index (κ2) is 8.37. The molecule has 0 spiro atoms. The summed E-state index contributed by atoms with van der Waals surface area (Å²) in [6.07, 6.45) is 3.82. The molecule has 0 aromatic carbocycles. The molecule has 1 unspecified atom stereocenters. The van der Waals surface area contributed by atoms with E-state index in [2.05, 4.69) is 31.4 Å². The largest absolute Gasteiger partial charge is 0.354 e. The molecule has 1 atom stereocenters. The summed E-state index contributed by atoms with van der Waals surface area (Å²) in [6, 6.07) is 0. The fraction of sp³-hybridized carbons (Fsp3) is 0.875. The van der Waals surface area contributed by atoms with Gasteiger partial charge >= 0.3 is 0 Å². The number of likely N-dealkylation sites (N-methyl/N-ethyl adjacent to an activating group) is 1. The van der Waals surface area contributed by atoms with E-state index in [1.807, 2.05) is 0 Å². The van der Waals surface area contributed by atoms with Crippen LogP contribution >= 0.6 is 0 Å². The molecule has 1 aliphatic rings. The van der Waals surface area contributed by atoms with Crippen molar-refractivity contribution in [3.8, 4) is 0 Å². The lowest BCUT2D eigenvalue weighted by Gasteiger charge is -2.38. The SMILES string of the molecule is CCCC1(C(=O)N(C)CC(=O)NCC(C)C)CCCNC1. The zero-order valence-electron chi connectivity index (χ0n) is 14.0. The van der Waals surface area contributed by atoms with Crippen molar-refractivity contribution in [2.24, 2.45) is 11.3 Å². The molecule has 1 heterocycles. The van der Waals surface area contributed by atoms with Gasteiger partial charge in [0.1, 0.15) is 0 Å². The topological polar surface area (TPSA) is 61.4 Å². The van der Waals surface area contributed by atoms with Gasteiger partial charge in [0.2, 0.25) is 11.8 Å². The molecule has 122 valence electrons.